The first kappa shape index (κ1) is 11.8. The first-order valence-electron chi connectivity index (χ1n) is 4.53. The van der Waals surface area contributed by atoms with Gasteiger partial charge in [-0.3, -0.25) is 4.79 Å². The van der Waals surface area contributed by atoms with Crippen molar-refractivity contribution in [1.29, 1.82) is 0 Å². The van der Waals surface area contributed by atoms with Crippen molar-refractivity contribution in [3.63, 3.8) is 0 Å². The summed E-state index contributed by atoms with van der Waals surface area (Å²) in [6, 6.07) is 5.24. The monoisotopic (exact) mass is 228 g/mol. The van der Waals surface area contributed by atoms with E-state index in [4.69, 9.17) is 27.8 Å². The smallest absolute Gasteiger partial charge is 0.255 e. The van der Waals surface area contributed by atoms with Crippen LogP contribution >= 0.6 is 11.6 Å². The van der Waals surface area contributed by atoms with Crippen molar-refractivity contribution in [1.82, 2.24) is 0 Å². The Hall–Kier alpha value is -1.26. The number of carbonyl (C=O) groups excluding carboxylic acids is 1. The Labute approximate surface area is 93.1 Å². The van der Waals surface area contributed by atoms with Gasteiger partial charge in [0, 0.05) is 10.6 Å². The second-order valence-corrected chi connectivity index (χ2v) is 3.42. The minimum absolute atomic E-state index is 0.155. The van der Waals surface area contributed by atoms with Crippen LogP contribution < -0.4 is 16.2 Å². The molecule has 0 aliphatic heterocycles. The van der Waals surface area contributed by atoms with Crippen molar-refractivity contribution in [3.8, 4) is 5.75 Å². The molecule has 0 aliphatic rings. The standard InChI is InChI=1S/C10H13ClN2O2/c11-8-2-1-3-9(7(8)4-5-12)15-6-10(13)14/h1-3H,4-6,12H2,(H2,13,14). The predicted octanol–water partition coefficient (Wildman–Crippen LogP) is 0.705. The Morgan fingerprint density at radius 3 is 2.80 bits per heavy atom. The average Bonchev–Trinajstić information content (AvgIpc) is 2.19. The van der Waals surface area contributed by atoms with E-state index >= 15 is 0 Å². The van der Waals surface area contributed by atoms with Crippen LogP contribution in [0.2, 0.25) is 5.02 Å². The molecule has 0 aliphatic carbocycles. The largest absolute Gasteiger partial charge is 0.483 e. The van der Waals surface area contributed by atoms with Gasteiger partial charge in [0.2, 0.25) is 0 Å². The van der Waals surface area contributed by atoms with E-state index in [1.807, 2.05) is 0 Å². The maximum atomic E-state index is 10.6. The number of primary amides is 1. The summed E-state index contributed by atoms with van der Waals surface area (Å²) in [7, 11) is 0. The number of ether oxygens (including phenoxy) is 1. The third-order valence-electron chi connectivity index (χ3n) is 1.84. The zero-order valence-corrected chi connectivity index (χ0v) is 8.96. The van der Waals surface area contributed by atoms with E-state index in [0.717, 1.165) is 5.56 Å². The second-order valence-electron chi connectivity index (χ2n) is 3.01. The van der Waals surface area contributed by atoms with Crippen LogP contribution in [0.1, 0.15) is 5.56 Å². The highest BCUT2D eigenvalue weighted by Crippen LogP contribution is 2.26. The van der Waals surface area contributed by atoms with Crippen molar-refractivity contribution in [2.24, 2.45) is 11.5 Å². The van der Waals surface area contributed by atoms with E-state index in [-0.39, 0.29) is 6.61 Å². The molecule has 1 aromatic rings. The third kappa shape index (κ3) is 3.42. The van der Waals surface area contributed by atoms with Gasteiger partial charge in [0.15, 0.2) is 6.61 Å². The summed E-state index contributed by atoms with van der Waals surface area (Å²) in [6.45, 7) is 0.314. The van der Waals surface area contributed by atoms with Gasteiger partial charge in [-0.1, -0.05) is 17.7 Å². The van der Waals surface area contributed by atoms with Crippen LogP contribution in [0.15, 0.2) is 18.2 Å². The maximum absolute atomic E-state index is 10.6. The van der Waals surface area contributed by atoms with Gasteiger partial charge < -0.3 is 16.2 Å². The van der Waals surface area contributed by atoms with Crippen molar-refractivity contribution in [2.75, 3.05) is 13.2 Å². The van der Waals surface area contributed by atoms with Gasteiger partial charge in [-0.15, -0.1) is 0 Å². The normalized spacial score (nSPS) is 10.0. The lowest BCUT2D eigenvalue weighted by atomic mass is 10.1. The molecule has 15 heavy (non-hydrogen) atoms. The minimum atomic E-state index is -0.520. The summed E-state index contributed by atoms with van der Waals surface area (Å²) in [4.78, 5) is 10.6. The van der Waals surface area contributed by atoms with E-state index in [9.17, 15) is 4.79 Å². The van der Waals surface area contributed by atoms with Crippen LogP contribution in [0.3, 0.4) is 0 Å². The number of halogens is 1. The van der Waals surface area contributed by atoms with Crippen LogP contribution in [0.5, 0.6) is 5.75 Å². The zero-order valence-electron chi connectivity index (χ0n) is 8.20. The molecule has 82 valence electrons. The van der Waals surface area contributed by atoms with E-state index < -0.39 is 5.91 Å². The first-order chi connectivity index (χ1) is 7.15. The number of carbonyl (C=O) groups is 1. The van der Waals surface area contributed by atoms with Crippen LogP contribution in [-0.2, 0) is 11.2 Å². The topological polar surface area (TPSA) is 78.3 Å². The second kappa shape index (κ2) is 5.58. The molecule has 1 amide bonds. The van der Waals surface area contributed by atoms with Crippen molar-refractivity contribution in [3.05, 3.63) is 28.8 Å². The molecule has 1 rings (SSSR count). The van der Waals surface area contributed by atoms with E-state index in [0.29, 0.717) is 23.7 Å². The lowest BCUT2D eigenvalue weighted by molar-refractivity contribution is -0.119. The van der Waals surface area contributed by atoms with E-state index in [2.05, 4.69) is 0 Å². The molecule has 0 unspecified atom stereocenters. The van der Waals surface area contributed by atoms with Gasteiger partial charge in [0.25, 0.3) is 5.91 Å². The molecule has 1 aromatic carbocycles. The highest BCUT2D eigenvalue weighted by atomic mass is 35.5. The average molecular weight is 229 g/mol. The maximum Gasteiger partial charge on any atom is 0.255 e. The molecule has 0 spiro atoms. The van der Waals surface area contributed by atoms with Gasteiger partial charge >= 0.3 is 0 Å². The number of hydrogen-bond acceptors (Lipinski definition) is 3. The fourth-order valence-electron chi connectivity index (χ4n) is 1.21. The highest BCUT2D eigenvalue weighted by molar-refractivity contribution is 6.31. The summed E-state index contributed by atoms with van der Waals surface area (Å²) in [5.41, 5.74) is 11.2. The minimum Gasteiger partial charge on any atom is -0.483 e. The van der Waals surface area contributed by atoms with Gasteiger partial charge in [-0.25, -0.2) is 0 Å². The molecule has 0 saturated carbocycles. The Morgan fingerprint density at radius 2 is 2.20 bits per heavy atom. The summed E-state index contributed by atoms with van der Waals surface area (Å²) < 4.78 is 5.22. The van der Waals surface area contributed by atoms with E-state index in [1.165, 1.54) is 0 Å². The molecule has 0 fully saturated rings. The van der Waals surface area contributed by atoms with Crippen LogP contribution in [0, 0.1) is 0 Å². The lowest BCUT2D eigenvalue weighted by Crippen LogP contribution is -2.20. The summed E-state index contributed by atoms with van der Waals surface area (Å²) in [6.07, 6.45) is 0.605. The van der Waals surface area contributed by atoms with Gasteiger partial charge in [0.1, 0.15) is 5.75 Å². The van der Waals surface area contributed by atoms with Crippen molar-refractivity contribution in [2.45, 2.75) is 6.42 Å². The number of hydrogen-bond donors (Lipinski definition) is 2. The molecule has 0 atom stereocenters. The molecular formula is C10H13ClN2O2. The Morgan fingerprint density at radius 1 is 1.47 bits per heavy atom. The summed E-state index contributed by atoms with van der Waals surface area (Å²) in [5, 5.41) is 0.586. The fraction of sp³-hybridized carbons (Fsp3) is 0.300. The molecule has 5 heteroatoms. The SMILES string of the molecule is NCCc1c(Cl)cccc1OCC(N)=O. The number of benzene rings is 1. The predicted molar refractivity (Wildman–Crippen MR) is 58.9 cm³/mol. The molecular weight excluding hydrogens is 216 g/mol. The molecule has 4 nitrogen and oxygen atoms in total. The summed E-state index contributed by atoms with van der Waals surface area (Å²) >= 11 is 5.97. The first-order valence-corrected chi connectivity index (χ1v) is 4.91. The van der Waals surface area contributed by atoms with E-state index in [1.54, 1.807) is 18.2 Å². The quantitative estimate of drug-likeness (QED) is 0.779. The van der Waals surface area contributed by atoms with Crippen LogP contribution in [-0.4, -0.2) is 19.1 Å². The van der Waals surface area contributed by atoms with Gasteiger partial charge in [-0.2, -0.15) is 0 Å². The van der Waals surface area contributed by atoms with Crippen molar-refractivity contribution >= 4 is 17.5 Å². The Balaban J connectivity index is 2.85. The fourth-order valence-corrected chi connectivity index (χ4v) is 1.47. The molecule has 0 heterocycles. The molecule has 0 bridgehead atoms. The summed E-state index contributed by atoms with van der Waals surface area (Å²) in [5.74, 6) is 0.0421. The van der Waals surface area contributed by atoms with Gasteiger partial charge in [0.05, 0.1) is 0 Å². The molecule has 0 saturated heterocycles. The van der Waals surface area contributed by atoms with Crippen LogP contribution in [0.4, 0.5) is 0 Å². The molecule has 0 aromatic heterocycles. The Kier molecular flexibility index (Phi) is 4.39. The van der Waals surface area contributed by atoms with Crippen LogP contribution in [0.25, 0.3) is 0 Å². The number of nitrogens with two attached hydrogens (primary N) is 2. The Bertz CT molecular complexity index is 355. The molecule has 0 radical (unpaired) electrons. The van der Waals surface area contributed by atoms with Crippen molar-refractivity contribution < 1.29 is 9.53 Å². The zero-order chi connectivity index (χ0) is 11.3. The highest BCUT2D eigenvalue weighted by Gasteiger charge is 2.08. The number of rotatable bonds is 5. The van der Waals surface area contributed by atoms with Gasteiger partial charge in [-0.05, 0) is 25.1 Å². The lowest BCUT2D eigenvalue weighted by Gasteiger charge is -2.10. The molecule has 4 N–H and O–H groups in total. The number of amides is 1. The third-order valence-corrected chi connectivity index (χ3v) is 2.19.